The first-order valence-corrected chi connectivity index (χ1v) is 13.3. The molecule has 0 unspecified atom stereocenters. The molecule has 0 aliphatic carbocycles. The van der Waals surface area contributed by atoms with Crippen molar-refractivity contribution in [2.45, 2.75) is 122 Å². The summed E-state index contributed by atoms with van der Waals surface area (Å²) in [6.45, 7) is 6.29. The van der Waals surface area contributed by atoms with Crippen molar-refractivity contribution in [2.75, 3.05) is 13.2 Å². The van der Waals surface area contributed by atoms with Crippen molar-refractivity contribution in [1.82, 2.24) is 0 Å². The third-order valence-corrected chi connectivity index (χ3v) is 7.37. The minimum atomic E-state index is -1.02. The lowest BCUT2D eigenvalue weighted by atomic mass is 9.84. The second-order valence-electron chi connectivity index (χ2n) is 10.6. The predicted molar refractivity (Wildman–Crippen MR) is 129 cm³/mol. The van der Waals surface area contributed by atoms with Crippen LogP contribution in [0.3, 0.4) is 0 Å². The average molecular weight is 503 g/mol. The zero-order chi connectivity index (χ0) is 26.0. The van der Waals surface area contributed by atoms with Crippen LogP contribution in [0.4, 0.5) is 0 Å². The third kappa shape index (κ3) is 10.7. The Labute approximate surface area is 209 Å². The molecule has 0 amide bonds. The van der Waals surface area contributed by atoms with Gasteiger partial charge in [0.1, 0.15) is 6.10 Å². The number of esters is 1. The predicted octanol–water partition coefficient (Wildman–Crippen LogP) is 2.67. The Balaban J connectivity index is 1.56. The SMILES string of the molecule is C[C@H](CC(=O)OCCCCCCCCC(=O)O)C[C@@H]1OC[C@H](C[C@@H]2O[C@H]2[C@@H](C)[C@H](C)O)[C@@H](O)[C@H]1O. The highest BCUT2D eigenvalue weighted by Crippen LogP contribution is 2.38. The van der Waals surface area contributed by atoms with Crippen LogP contribution < -0.4 is 0 Å². The van der Waals surface area contributed by atoms with Crippen LogP contribution in [0.1, 0.15) is 85.0 Å². The smallest absolute Gasteiger partial charge is 0.306 e. The normalized spacial score (nSPS) is 30.9. The molecular weight excluding hydrogens is 456 g/mol. The highest BCUT2D eigenvalue weighted by molar-refractivity contribution is 5.69. The molecule has 0 aromatic carbocycles. The lowest BCUT2D eigenvalue weighted by Crippen LogP contribution is -2.51. The molecule has 2 heterocycles. The van der Waals surface area contributed by atoms with Gasteiger partial charge in [-0.3, -0.25) is 9.59 Å². The topological polar surface area (TPSA) is 146 Å². The lowest BCUT2D eigenvalue weighted by Gasteiger charge is -2.38. The maximum absolute atomic E-state index is 12.1. The molecule has 9 heteroatoms. The van der Waals surface area contributed by atoms with Gasteiger partial charge < -0.3 is 34.6 Å². The second-order valence-corrected chi connectivity index (χ2v) is 10.6. The van der Waals surface area contributed by atoms with E-state index in [0.717, 1.165) is 32.1 Å². The second kappa shape index (κ2) is 15.1. The van der Waals surface area contributed by atoms with Gasteiger partial charge in [-0.25, -0.2) is 0 Å². The first-order chi connectivity index (χ1) is 16.6. The highest BCUT2D eigenvalue weighted by Gasteiger charge is 2.48. The molecule has 0 spiro atoms. The number of unbranched alkanes of at least 4 members (excludes halogenated alkanes) is 5. The number of epoxide rings is 1. The summed E-state index contributed by atoms with van der Waals surface area (Å²) in [5, 5.41) is 39.5. The largest absolute Gasteiger partial charge is 0.481 e. The summed E-state index contributed by atoms with van der Waals surface area (Å²) in [5.41, 5.74) is 0. The first-order valence-electron chi connectivity index (χ1n) is 13.3. The first kappa shape index (κ1) is 30.0. The molecule has 2 aliphatic heterocycles. The van der Waals surface area contributed by atoms with Gasteiger partial charge in [0.25, 0.3) is 0 Å². The molecule has 204 valence electrons. The molecule has 2 fully saturated rings. The van der Waals surface area contributed by atoms with E-state index in [1.807, 2.05) is 13.8 Å². The zero-order valence-corrected chi connectivity index (χ0v) is 21.5. The van der Waals surface area contributed by atoms with E-state index in [1.165, 1.54) is 0 Å². The molecule has 2 rings (SSSR count). The molecule has 0 saturated carbocycles. The maximum Gasteiger partial charge on any atom is 0.306 e. The van der Waals surface area contributed by atoms with E-state index in [-0.39, 0.29) is 48.8 Å². The van der Waals surface area contributed by atoms with Crippen molar-refractivity contribution >= 4 is 11.9 Å². The molecule has 0 bridgehead atoms. The third-order valence-electron chi connectivity index (χ3n) is 7.37. The number of aliphatic carboxylic acids is 1. The molecule has 0 aromatic rings. The quantitative estimate of drug-likeness (QED) is 0.134. The van der Waals surface area contributed by atoms with Crippen LogP contribution in [0.2, 0.25) is 0 Å². The van der Waals surface area contributed by atoms with Crippen LogP contribution in [0.15, 0.2) is 0 Å². The number of carbonyl (C=O) groups is 2. The molecular formula is C26H46O9. The monoisotopic (exact) mass is 502 g/mol. The summed E-state index contributed by atoms with van der Waals surface area (Å²) < 4.78 is 16.8. The van der Waals surface area contributed by atoms with Gasteiger partial charge in [-0.2, -0.15) is 0 Å². The number of aliphatic hydroxyl groups is 3. The molecule has 0 aromatic heterocycles. The fourth-order valence-electron chi connectivity index (χ4n) is 4.83. The molecule has 35 heavy (non-hydrogen) atoms. The Kier molecular flexibility index (Phi) is 12.9. The number of hydrogen-bond acceptors (Lipinski definition) is 8. The number of carboxylic acid groups (broad SMARTS) is 1. The highest BCUT2D eigenvalue weighted by atomic mass is 16.6. The van der Waals surface area contributed by atoms with Crippen molar-refractivity contribution in [3.05, 3.63) is 0 Å². The van der Waals surface area contributed by atoms with Crippen LogP contribution in [0.5, 0.6) is 0 Å². The summed E-state index contributed by atoms with van der Waals surface area (Å²) >= 11 is 0. The number of carbonyl (C=O) groups excluding carboxylic acids is 1. The number of carboxylic acids is 1. The van der Waals surface area contributed by atoms with Crippen LogP contribution >= 0.6 is 0 Å². The summed E-state index contributed by atoms with van der Waals surface area (Å²) in [4.78, 5) is 22.6. The summed E-state index contributed by atoms with van der Waals surface area (Å²) in [6, 6.07) is 0. The van der Waals surface area contributed by atoms with E-state index in [0.29, 0.717) is 32.5 Å². The Hall–Kier alpha value is -1.26. The van der Waals surface area contributed by atoms with E-state index >= 15 is 0 Å². The van der Waals surface area contributed by atoms with Crippen LogP contribution in [-0.4, -0.2) is 82.2 Å². The lowest BCUT2D eigenvalue weighted by molar-refractivity contribution is -0.171. The fourth-order valence-corrected chi connectivity index (χ4v) is 4.83. The summed E-state index contributed by atoms with van der Waals surface area (Å²) in [7, 11) is 0. The average Bonchev–Trinajstić information content (AvgIpc) is 3.55. The van der Waals surface area contributed by atoms with Crippen molar-refractivity contribution in [2.24, 2.45) is 17.8 Å². The zero-order valence-electron chi connectivity index (χ0n) is 21.5. The van der Waals surface area contributed by atoms with Crippen LogP contribution in [0, 0.1) is 17.8 Å². The van der Waals surface area contributed by atoms with Gasteiger partial charge in [-0.1, -0.05) is 39.5 Å². The fraction of sp³-hybridized carbons (Fsp3) is 0.923. The molecule has 4 N–H and O–H groups in total. The van der Waals surface area contributed by atoms with E-state index in [1.54, 1.807) is 6.92 Å². The van der Waals surface area contributed by atoms with Gasteiger partial charge in [0.05, 0.1) is 43.7 Å². The van der Waals surface area contributed by atoms with Gasteiger partial charge in [0.2, 0.25) is 0 Å². The van der Waals surface area contributed by atoms with E-state index in [9.17, 15) is 24.9 Å². The Morgan fingerprint density at radius 2 is 1.63 bits per heavy atom. The van der Waals surface area contributed by atoms with Gasteiger partial charge in [-0.15, -0.1) is 0 Å². The van der Waals surface area contributed by atoms with Crippen molar-refractivity contribution < 1.29 is 44.2 Å². The number of aliphatic hydroxyl groups excluding tert-OH is 3. The maximum atomic E-state index is 12.1. The minimum Gasteiger partial charge on any atom is -0.481 e. The van der Waals surface area contributed by atoms with Crippen LogP contribution in [-0.2, 0) is 23.8 Å². The molecule has 2 saturated heterocycles. The van der Waals surface area contributed by atoms with E-state index in [4.69, 9.17) is 19.3 Å². The Morgan fingerprint density at radius 1 is 0.971 bits per heavy atom. The Morgan fingerprint density at radius 3 is 2.29 bits per heavy atom. The summed E-state index contributed by atoms with van der Waals surface area (Å²) in [6.07, 6.45) is 3.86. The van der Waals surface area contributed by atoms with Crippen molar-refractivity contribution in [1.29, 1.82) is 0 Å². The van der Waals surface area contributed by atoms with E-state index < -0.39 is 30.4 Å². The van der Waals surface area contributed by atoms with E-state index in [2.05, 4.69) is 0 Å². The molecule has 9 nitrogen and oxygen atoms in total. The van der Waals surface area contributed by atoms with Crippen molar-refractivity contribution in [3.8, 4) is 0 Å². The Bertz CT molecular complexity index is 640. The van der Waals surface area contributed by atoms with Gasteiger partial charge in [0, 0.05) is 24.7 Å². The number of rotatable bonds is 17. The van der Waals surface area contributed by atoms with Gasteiger partial charge in [0.15, 0.2) is 0 Å². The minimum absolute atomic E-state index is 0.0214. The standard InChI is InChI=1S/C26H46O9/c1-16(13-23(30)33-11-9-7-5-4-6-8-10-22(28)29)12-20-25(32)24(31)19(15-34-20)14-21-26(35-21)17(2)18(3)27/h16-21,24-27,31-32H,4-15H2,1-3H3,(H,28,29)/t16-,17-,18-,19-,20-,21-,24+,25-,26-/m0/s1. The number of ether oxygens (including phenoxy) is 3. The molecule has 0 radical (unpaired) electrons. The molecule has 9 atom stereocenters. The summed E-state index contributed by atoms with van der Waals surface area (Å²) in [5.74, 6) is -1.28. The van der Waals surface area contributed by atoms with Gasteiger partial charge >= 0.3 is 11.9 Å². The number of hydrogen-bond donors (Lipinski definition) is 4. The van der Waals surface area contributed by atoms with Crippen molar-refractivity contribution in [3.63, 3.8) is 0 Å². The van der Waals surface area contributed by atoms with Gasteiger partial charge in [-0.05, 0) is 38.5 Å². The van der Waals surface area contributed by atoms with Crippen LogP contribution in [0.25, 0.3) is 0 Å². The molecule has 2 aliphatic rings.